The summed E-state index contributed by atoms with van der Waals surface area (Å²) in [5.74, 6) is -0.112. The molecule has 1 saturated carbocycles. The van der Waals surface area contributed by atoms with E-state index in [0.29, 0.717) is 12.8 Å². The molecule has 2 unspecified atom stereocenters. The lowest BCUT2D eigenvalue weighted by atomic mass is 9.91. The number of hydrogen-bond acceptors (Lipinski definition) is 5. The van der Waals surface area contributed by atoms with E-state index in [9.17, 15) is 9.90 Å². The normalized spacial score (nSPS) is 33.8. The lowest BCUT2D eigenvalue weighted by molar-refractivity contribution is -0.179. The average Bonchev–Trinajstić information content (AvgIpc) is 3.20. The molecule has 2 heterocycles. The van der Waals surface area contributed by atoms with Gasteiger partial charge in [-0.15, -0.1) is 0 Å². The largest absolute Gasteiger partial charge is 0.462 e. The van der Waals surface area contributed by atoms with E-state index in [2.05, 4.69) is 36.4 Å². The second-order valence-electron chi connectivity index (χ2n) is 8.16. The number of fused-ring (bicyclic) bond motifs is 1. The highest BCUT2D eigenvalue weighted by atomic mass is 16.7. The van der Waals surface area contributed by atoms with Crippen LogP contribution in [0.4, 0.5) is 0 Å². The minimum Gasteiger partial charge on any atom is -0.462 e. The maximum atomic E-state index is 11.6. The molecule has 0 bridgehead atoms. The molecule has 3 aliphatic rings. The van der Waals surface area contributed by atoms with Crippen LogP contribution >= 0.6 is 0 Å². The highest BCUT2D eigenvalue weighted by Gasteiger charge is 2.48. The van der Waals surface area contributed by atoms with Crippen molar-refractivity contribution in [3.63, 3.8) is 0 Å². The van der Waals surface area contributed by atoms with Gasteiger partial charge in [-0.05, 0) is 37.7 Å². The predicted molar refractivity (Wildman–Crippen MR) is 104 cm³/mol. The molecule has 1 aromatic carbocycles. The summed E-state index contributed by atoms with van der Waals surface area (Å²) in [5.41, 5.74) is 1.28. The van der Waals surface area contributed by atoms with Crippen LogP contribution in [0.2, 0.25) is 0 Å². The minimum atomic E-state index is -0.458. The summed E-state index contributed by atoms with van der Waals surface area (Å²) < 4.78 is 17.4. The number of rotatable bonds is 7. The molecular weight excluding hydrogens is 356 g/mol. The second-order valence-corrected chi connectivity index (χ2v) is 8.16. The zero-order valence-corrected chi connectivity index (χ0v) is 16.2. The Labute approximate surface area is 166 Å². The molecular formula is C23H30O5. The summed E-state index contributed by atoms with van der Waals surface area (Å²) in [4.78, 5) is 11.6. The van der Waals surface area contributed by atoms with E-state index in [1.54, 1.807) is 0 Å². The van der Waals surface area contributed by atoms with E-state index in [1.807, 2.05) is 6.07 Å². The summed E-state index contributed by atoms with van der Waals surface area (Å²) in [5, 5.41) is 10.4. The number of benzene rings is 1. The van der Waals surface area contributed by atoms with E-state index in [4.69, 9.17) is 14.2 Å². The van der Waals surface area contributed by atoms with Gasteiger partial charge in [0.05, 0.1) is 18.6 Å². The van der Waals surface area contributed by atoms with Crippen LogP contribution in [0.1, 0.15) is 44.1 Å². The molecule has 1 N–H and O–H groups in total. The summed E-state index contributed by atoms with van der Waals surface area (Å²) in [7, 11) is 0. The fourth-order valence-corrected chi connectivity index (χ4v) is 4.62. The van der Waals surface area contributed by atoms with Gasteiger partial charge < -0.3 is 19.3 Å². The minimum absolute atomic E-state index is 0.0495. The van der Waals surface area contributed by atoms with Crippen molar-refractivity contribution in [2.24, 2.45) is 11.8 Å². The van der Waals surface area contributed by atoms with Crippen LogP contribution in [0.5, 0.6) is 0 Å². The van der Waals surface area contributed by atoms with Gasteiger partial charge in [0, 0.05) is 24.9 Å². The zero-order chi connectivity index (χ0) is 19.3. The molecule has 0 amide bonds. The van der Waals surface area contributed by atoms with Gasteiger partial charge in [-0.3, -0.25) is 4.79 Å². The Kier molecular flexibility index (Phi) is 6.45. The van der Waals surface area contributed by atoms with E-state index in [-0.39, 0.29) is 36.3 Å². The average molecular weight is 386 g/mol. The Hall–Kier alpha value is -1.69. The number of esters is 1. The van der Waals surface area contributed by atoms with Gasteiger partial charge in [0.1, 0.15) is 6.10 Å². The van der Waals surface area contributed by atoms with Crippen LogP contribution in [0.15, 0.2) is 42.5 Å². The number of ether oxygens (including phenoxy) is 3. The first kappa shape index (κ1) is 19.6. The van der Waals surface area contributed by atoms with Crippen molar-refractivity contribution in [2.75, 3.05) is 6.61 Å². The quantitative estimate of drug-likeness (QED) is 0.575. The molecule has 2 aliphatic heterocycles. The van der Waals surface area contributed by atoms with E-state index in [1.165, 1.54) is 5.56 Å². The van der Waals surface area contributed by atoms with E-state index >= 15 is 0 Å². The molecule has 152 valence electrons. The molecule has 0 aromatic heterocycles. The number of aliphatic hydroxyl groups excluding tert-OH is 1. The Bertz CT molecular complexity index is 667. The fraction of sp³-hybridized carbons (Fsp3) is 0.609. The third-order valence-electron chi connectivity index (χ3n) is 6.15. The van der Waals surface area contributed by atoms with Crippen molar-refractivity contribution >= 4 is 5.97 Å². The van der Waals surface area contributed by atoms with Gasteiger partial charge in [-0.1, -0.05) is 42.5 Å². The number of aliphatic hydroxyl groups is 1. The highest BCUT2D eigenvalue weighted by Crippen LogP contribution is 2.42. The smallest absolute Gasteiger partial charge is 0.306 e. The fourth-order valence-electron chi connectivity index (χ4n) is 4.62. The molecule has 1 aromatic rings. The molecule has 5 heteroatoms. The molecule has 1 aliphatic carbocycles. The molecule has 6 atom stereocenters. The van der Waals surface area contributed by atoms with Crippen molar-refractivity contribution in [3.8, 4) is 0 Å². The lowest BCUT2D eigenvalue weighted by Crippen LogP contribution is -2.28. The molecule has 3 fully saturated rings. The summed E-state index contributed by atoms with van der Waals surface area (Å²) in [6, 6.07) is 10.4. The van der Waals surface area contributed by atoms with Crippen LogP contribution in [0.3, 0.4) is 0 Å². The molecule has 5 nitrogen and oxygen atoms in total. The van der Waals surface area contributed by atoms with Gasteiger partial charge in [0.15, 0.2) is 6.29 Å². The van der Waals surface area contributed by atoms with Crippen LogP contribution < -0.4 is 0 Å². The SMILES string of the molecule is O=C1C[C@H]2C(C[C@@H](O)[C@@H]2/C=C/[C@H](CCc2ccccc2)OC2CCCCO2)O1. The van der Waals surface area contributed by atoms with Gasteiger partial charge in [0.25, 0.3) is 0 Å². The van der Waals surface area contributed by atoms with Crippen LogP contribution in [-0.2, 0) is 25.4 Å². The Morgan fingerprint density at radius 1 is 1.25 bits per heavy atom. The standard InChI is InChI=1S/C23H30O5/c24-20-15-21-19(14-22(25)28-21)18(20)12-11-17(27-23-8-4-5-13-26-23)10-9-16-6-2-1-3-7-16/h1-3,6-7,11-12,17-21,23-24H,4-5,8-10,13-15H2/b12-11+/t17-,18+,19+,20+,21?,23?/m0/s1. The molecule has 0 radical (unpaired) electrons. The Morgan fingerprint density at radius 3 is 2.89 bits per heavy atom. The first-order valence-electron chi connectivity index (χ1n) is 10.6. The van der Waals surface area contributed by atoms with Crippen molar-refractivity contribution in [1.29, 1.82) is 0 Å². The summed E-state index contributed by atoms with van der Waals surface area (Å²) >= 11 is 0. The van der Waals surface area contributed by atoms with Crippen LogP contribution in [0.25, 0.3) is 0 Å². The highest BCUT2D eigenvalue weighted by molar-refractivity contribution is 5.72. The molecule has 2 saturated heterocycles. The number of aryl methyl sites for hydroxylation is 1. The molecule has 0 spiro atoms. The molecule has 28 heavy (non-hydrogen) atoms. The summed E-state index contributed by atoms with van der Waals surface area (Å²) in [6.45, 7) is 0.754. The maximum absolute atomic E-state index is 11.6. The van der Waals surface area contributed by atoms with E-state index in [0.717, 1.165) is 38.7 Å². The number of carbonyl (C=O) groups is 1. The van der Waals surface area contributed by atoms with Gasteiger partial charge in [-0.25, -0.2) is 0 Å². The maximum Gasteiger partial charge on any atom is 0.306 e. The molecule has 4 rings (SSSR count). The van der Waals surface area contributed by atoms with Crippen molar-refractivity contribution in [3.05, 3.63) is 48.0 Å². The second kappa shape index (κ2) is 9.21. The van der Waals surface area contributed by atoms with E-state index < -0.39 is 6.10 Å². The Balaban J connectivity index is 1.41. The van der Waals surface area contributed by atoms with Crippen LogP contribution in [-0.4, -0.2) is 42.3 Å². The van der Waals surface area contributed by atoms with Crippen molar-refractivity contribution < 1.29 is 24.1 Å². The third-order valence-corrected chi connectivity index (χ3v) is 6.15. The first-order chi connectivity index (χ1) is 13.7. The lowest BCUT2D eigenvalue weighted by Gasteiger charge is -2.27. The number of hydrogen-bond donors (Lipinski definition) is 1. The third kappa shape index (κ3) is 4.83. The van der Waals surface area contributed by atoms with Crippen molar-refractivity contribution in [2.45, 2.75) is 69.5 Å². The van der Waals surface area contributed by atoms with Gasteiger partial charge in [0.2, 0.25) is 0 Å². The number of carbonyl (C=O) groups excluding carboxylic acids is 1. The van der Waals surface area contributed by atoms with Gasteiger partial charge >= 0.3 is 5.97 Å². The monoisotopic (exact) mass is 386 g/mol. The first-order valence-corrected chi connectivity index (χ1v) is 10.6. The Morgan fingerprint density at radius 2 is 2.11 bits per heavy atom. The zero-order valence-electron chi connectivity index (χ0n) is 16.2. The van der Waals surface area contributed by atoms with Gasteiger partial charge in [-0.2, -0.15) is 0 Å². The predicted octanol–water partition coefficient (Wildman–Crippen LogP) is 3.40. The summed E-state index contributed by atoms with van der Waals surface area (Å²) in [6.07, 6.45) is 9.15. The van der Waals surface area contributed by atoms with Crippen LogP contribution in [0, 0.1) is 11.8 Å². The van der Waals surface area contributed by atoms with Crippen molar-refractivity contribution in [1.82, 2.24) is 0 Å². The topological polar surface area (TPSA) is 65.0 Å².